The maximum atomic E-state index is 13.8. The van der Waals surface area contributed by atoms with Gasteiger partial charge in [0.15, 0.2) is 0 Å². The molecule has 0 radical (unpaired) electrons. The number of pyridine rings is 1. The van der Waals surface area contributed by atoms with E-state index in [9.17, 15) is 17.4 Å². The maximum Gasteiger partial charge on any atom is 0.314 e. The number of alkyl halides is 2. The predicted octanol–water partition coefficient (Wildman–Crippen LogP) is 4.40. The molecule has 0 N–H and O–H groups in total. The van der Waals surface area contributed by atoms with Crippen LogP contribution in [0.3, 0.4) is 0 Å². The maximum absolute atomic E-state index is 13.8. The van der Waals surface area contributed by atoms with E-state index in [0.717, 1.165) is 39.1 Å². The molecule has 5 rings (SSSR count). The first-order valence-corrected chi connectivity index (χ1v) is 13.0. The smallest absolute Gasteiger partial charge is 0.314 e. The first kappa shape index (κ1) is 25.1. The molecule has 13 heteroatoms. The third kappa shape index (κ3) is 5.41. The Balaban J connectivity index is 1.34. The largest absolute Gasteiger partial charge is 0.415 e. The van der Waals surface area contributed by atoms with Gasteiger partial charge in [-0.1, -0.05) is 11.6 Å². The second kappa shape index (κ2) is 10.8. The number of benzene rings is 1. The van der Waals surface area contributed by atoms with Crippen LogP contribution in [0.1, 0.15) is 30.9 Å². The van der Waals surface area contributed by atoms with E-state index < -0.39 is 29.1 Å². The highest BCUT2D eigenvalue weighted by Crippen LogP contribution is 2.30. The van der Waals surface area contributed by atoms with E-state index in [1.54, 1.807) is 22.5 Å². The highest BCUT2D eigenvalue weighted by molar-refractivity contribution is 7.87. The fourth-order valence-corrected chi connectivity index (χ4v) is 5.92. The summed E-state index contributed by atoms with van der Waals surface area (Å²) in [5, 5.41) is 6.79. The summed E-state index contributed by atoms with van der Waals surface area (Å²) in [7, 11) is -1.44. The molecule has 1 atom stereocenters. The van der Waals surface area contributed by atoms with E-state index >= 15 is 0 Å². The summed E-state index contributed by atoms with van der Waals surface area (Å²) in [4.78, 5) is 6.74. The first-order valence-electron chi connectivity index (χ1n) is 11.4. The average molecular weight is 542 g/mol. The zero-order valence-electron chi connectivity index (χ0n) is 19.0. The fraction of sp³-hybridized carbons (Fsp3) is 0.435. The second-order valence-corrected chi connectivity index (χ2v) is 10.7. The quantitative estimate of drug-likeness (QED) is 0.418. The van der Waals surface area contributed by atoms with Gasteiger partial charge in [0.25, 0.3) is 5.89 Å². The molecule has 4 heterocycles. The Morgan fingerprint density at radius 3 is 2.53 bits per heavy atom. The molecular weight excluding hydrogens is 519 g/mol. The summed E-state index contributed by atoms with van der Waals surface area (Å²) in [5.74, 6) is -1.40. The van der Waals surface area contributed by atoms with E-state index in [-0.39, 0.29) is 22.7 Å². The molecule has 0 bridgehead atoms. The van der Waals surface area contributed by atoms with Crippen molar-refractivity contribution in [3.8, 4) is 11.5 Å². The van der Waals surface area contributed by atoms with Crippen molar-refractivity contribution < 1.29 is 26.5 Å². The molecule has 0 amide bonds. The van der Waals surface area contributed by atoms with E-state index in [1.165, 1.54) is 18.3 Å². The Labute approximate surface area is 213 Å². The second-order valence-electron chi connectivity index (χ2n) is 8.62. The minimum absolute atomic E-state index is 0.0659. The highest BCUT2D eigenvalue weighted by atomic mass is 35.5. The van der Waals surface area contributed by atoms with Gasteiger partial charge in [0.2, 0.25) is 5.89 Å². The van der Waals surface area contributed by atoms with Gasteiger partial charge < -0.3 is 9.15 Å². The van der Waals surface area contributed by atoms with Gasteiger partial charge in [-0.25, -0.2) is 8.60 Å². The van der Waals surface area contributed by atoms with Crippen LogP contribution in [0.2, 0.25) is 5.02 Å². The molecular formula is C23H23ClF3N5O3S. The number of anilines is 1. The minimum Gasteiger partial charge on any atom is -0.415 e. The topological polar surface area (TPSA) is 84.6 Å². The van der Waals surface area contributed by atoms with Crippen LogP contribution in [0.5, 0.6) is 0 Å². The Bertz CT molecular complexity index is 1220. The molecule has 2 saturated heterocycles. The van der Waals surface area contributed by atoms with Crippen LogP contribution in [0, 0.1) is 5.82 Å². The Kier molecular flexibility index (Phi) is 7.56. The van der Waals surface area contributed by atoms with Crippen molar-refractivity contribution in [1.29, 1.82) is 0 Å². The highest BCUT2D eigenvalue weighted by Gasteiger charge is 2.33. The van der Waals surface area contributed by atoms with Crippen molar-refractivity contribution in [3.63, 3.8) is 0 Å². The number of nitrogens with zero attached hydrogens (tertiary/aromatic N) is 5. The van der Waals surface area contributed by atoms with Crippen LogP contribution in [0.15, 0.2) is 40.9 Å². The summed E-state index contributed by atoms with van der Waals surface area (Å²) in [6, 6.07) is 7.95. The predicted molar refractivity (Wildman–Crippen MR) is 127 cm³/mol. The fourth-order valence-electron chi connectivity index (χ4n) is 4.19. The molecule has 1 unspecified atom stereocenters. The summed E-state index contributed by atoms with van der Waals surface area (Å²) in [6.45, 7) is 3.31. The van der Waals surface area contributed by atoms with Crippen LogP contribution in [0.4, 0.5) is 18.9 Å². The van der Waals surface area contributed by atoms with Crippen molar-refractivity contribution >= 4 is 28.3 Å². The third-order valence-electron chi connectivity index (χ3n) is 6.31. The Morgan fingerprint density at radius 1 is 1.17 bits per heavy atom. The summed E-state index contributed by atoms with van der Waals surface area (Å²) in [6.07, 6.45) is 0.0731. The Hall–Kier alpha value is -2.54. The van der Waals surface area contributed by atoms with Crippen molar-refractivity contribution in [2.24, 2.45) is 0 Å². The lowest BCUT2D eigenvalue weighted by molar-refractivity contribution is -0.0694. The molecule has 2 fully saturated rings. The number of ether oxygens (including phenoxy) is 1. The molecule has 2 aliphatic heterocycles. The van der Waals surface area contributed by atoms with Crippen LogP contribution in [-0.4, -0.2) is 61.9 Å². The standard InChI is InChI=1S/C23H23ClF3N5O3S/c24-19-9-16(3-4-20(19)25)32(36(33)18-5-7-31(8-6-18)17-12-34-13-17)11-15-2-1-14(10-28-15)22-29-30-23(35-22)21(26)27/h1-4,9-10,17-18,21H,5-8,11-13H2. The van der Waals surface area contributed by atoms with Crippen LogP contribution in [0.25, 0.3) is 11.5 Å². The number of likely N-dealkylation sites (tertiary alicyclic amines) is 1. The van der Waals surface area contributed by atoms with Gasteiger partial charge in [0.1, 0.15) is 16.8 Å². The van der Waals surface area contributed by atoms with Gasteiger partial charge in [0, 0.05) is 6.20 Å². The van der Waals surface area contributed by atoms with E-state index in [4.69, 9.17) is 20.8 Å². The lowest BCUT2D eigenvalue weighted by Gasteiger charge is -2.41. The van der Waals surface area contributed by atoms with Gasteiger partial charge in [-0.3, -0.25) is 14.2 Å². The first-order chi connectivity index (χ1) is 17.4. The van der Waals surface area contributed by atoms with Crippen molar-refractivity contribution in [1.82, 2.24) is 20.1 Å². The summed E-state index contributed by atoms with van der Waals surface area (Å²) < 4.78 is 65.0. The molecule has 0 aliphatic carbocycles. The number of aromatic nitrogens is 3. The normalized spacial score (nSPS) is 18.4. The SMILES string of the molecule is O=S(C1CCN(C2COC2)CC1)N(Cc1ccc(-c2nnc(C(F)F)o2)cn1)c1ccc(F)c(Cl)c1. The molecule has 0 saturated carbocycles. The molecule has 2 aliphatic rings. The lowest BCUT2D eigenvalue weighted by Crippen LogP contribution is -2.53. The molecule has 2 aromatic heterocycles. The van der Waals surface area contributed by atoms with E-state index in [2.05, 4.69) is 20.1 Å². The van der Waals surface area contributed by atoms with Gasteiger partial charge >= 0.3 is 6.43 Å². The molecule has 8 nitrogen and oxygen atoms in total. The van der Waals surface area contributed by atoms with Gasteiger partial charge in [0.05, 0.1) is 53.0 Å². The van der Waals surface area contributed by atoms with Crippen molar-refractivity contribution in [2.75, 3.05) is 30.6 Å². The van der Waals surface area contributed by atoms with Crippen LogP contribution < -0.4 is 4.31 Å². The van der Waals surface area contributed by atoms with E-state index in [1.807, 2.05) is 0 Å². The Morgan fingerprint density at radius 2 is 1.94 bits per heavy atom. The number of hydrogen-bond donors (Lipinski definition) is 0. The zero-order chi connectivity index (χ0) is 25.2. The molecule has 0 spiro atoms. The molecule has 1 aromatic carbocycles. The molecule has 36 heavy (non-hydrogen) atoms. The van der Waals surface area contributed by atoms with Gasteiger partial charge in [-0.2, -0.15) is 8.78 Å². The number of piperidine rings is 1. The molecule has 3 aromatic rings. The minimum atomic E-state index is -2.86. The number of rotatable bonds is 8. The summed E-state index contributed by atoms with van der Waals surface area (Å²) in [5.41, 5.74) is 1.45. The zero-order valence-corrected chi connectivity index (χ0v) is 20.6. The van der Waals surface area contributed by atoms with Crippen molar-refractivity contribution in [3.05, 3.63) is 59.0 Å². The molecule has 192 valence electrons. The van der Waals surface area contributed by atoms with Gasteiger partial charge in [-0.05, 0) is 56.3 Å². The number of hydrogen-bond acceptors (Lipinski definition) is 7. The van der Waals surface area contributed by atoms with Gasteiger partial charge in [-0.15, -0.1) is 10.2 Å². The van der Waals surface area contributed by atoms with Crippen LogP contribution in [-0.2, 0) is 22.3 Å². The number of halogens is 4. The third-order valence-corrected chi connectivity index (χ3v) is 8.42. The summed E-state index contributed by atoms with van der Waals surface area (Å²) >= 11 is 6.03. The lowest BCUT2D eigenvalue weighted by atomic mass is 10.1. The monoisotopic (exact) mass is 541 g/mol. The van der Waals surface area contributed by atoms with E-state index in [0.29, 0.717) is 23.0 Å². The average Bonchev–Trinajstić information content (AvgIpc) is 3.35. The van der Waals surface area contributed by atoms with Crippen molar-refractivity contribution in [2.45, 2.75) is 37.1 Å². The van der Waals surface area contributed by atoms with Crippen LogP contribution >= 0.6 is 11.6 Å².